The largest absolute Gasteiger partial charge is 0.368 e. The van der Waals surface area contributed by atoms with Crippen molar-refractivity contribution in [3.63, 3.8) is 0 Å². The molecule has 0 aliphatic carbocycles. The van der Waals surface area contributed by atoms with Crippen LogP contribution in [0.5, 0.6) is 0 Å². The third-order valence-corrected chi connectivity index (χ3v) is 2.75. The maximum Gasteiger partial charge on any atom is 0.240 e. The van der Waals surface area contributed by atoms with Crippen LogP contribution in [0.1, 0.15) is 25.8 Å². The monoisotopic (exact) mass is 284 g/mol. The predicted octanol–water partition coefficient (Wildman–Crippen LogP) is 1.52. The molecule has 0 aliphatic rings. The number of hydrogen-bond donors (Lipinski definition) is 2. The maximum absolute atomic E-state index is 13.4. The second-order valence-corrected chi connectivity index (χ2v) is 5.06. The number of hydrogen-bond acceptors (Lipinski definition) is 2. The second kappa shape index (κ2) is 6.98. The van der Waals surface area contributed by atoms with Crippen LogP contribution in [0, 0.1) is 17.6 Å². The highest BCUT2D eigenvalue weighted by atomic mass is 19.1. The van der Waals surface area contributed by atoms with Crippen molar-refractivity contribution in [3.8, 4) is 0 Å². The highest BCUT2D eigenvalue weighted by molar-refractivity contribution is 5.87. The predicted molar refractivity (Wildman–Crippen MR) is 70.6 cm³/mol. The fourth-order valence-electron chi connectivity index (χ4n) is 1.80. The lowest BCUT2D eigenvalue weighted by atomic mass is 10.0. The topological polar surface area (TPSA) is 72.2 Å². The summed E-state index contributed by atoms with van der Waals surface area (Å²) in [4.78, 5) is 23.0. The molecule has 0 radical (unpaired) electrons. The van der Waals surface area contributed by atoms with Gasteiger partial charge >= 0.3 is 0 Å². The molecule has 0 saturated heterocycles. The molecular weight excluding hydrogens is 266 g/mol. The van der Waals surface area contributed by atoms with Gasteiger partial charge in [0.15, 0.2) is 0 Å². The normalized spacial score (nSPS) is 12.2. The molecule has 1 aromatic carbocycles. The van der Waals surface area contributed by atoms with E-state index in [1.54, 1.807) is 0 Å². The van der Waals surface area contributed by atoms with Crippen molar-refractivity contribution in [1.82, 2.24) is 5.32 Å². The van der Waals surface area contributed by atoms with E-state index in [4.69, 9.17) is 5.73 Å². The first-order chi connectivity index (χ1) is 9.29. The Kier molecular flexibility index (Phi) is 5.61. The molecule has 0 saturated carbocycles. The minimum atomic E-state index is -0.792. The highest BCUT2D eigenvalue weighted by Gasteiger charge is 2.20. The van der Waals surface area contributed by atoms with Crippen molar-refractivity contribution in [2.24, 2.45) is 11.7 Å². The molecule has 0 spiro atoms. The van der Waals surface area contributed by atoms with E-state index in [2.05, 4.69) is 5.32 Å². The first kappa shape index (κ1) is 16.1. The molecule has 110 valence electrons. The lowest BCUT2D eigenvalue weighted by Crippen LogP contribution is -2.45. The lowest BCUT2D eigenvalue weighted by molar-refractivity contribution is -0.127. The van der Waals surface area contributed by atoms with Gasteiger partial charge in [-0.3, -0.25) is 9.59 Å². The number of rotatable bonds is 6. The van der Waals surface area contributed by atoms with Crippen LogP contribution in [0.25, 0.3) is 0 Å². The number of halogens is 2. The Labute approximate surface area is 116 Å². The van der Waals surface area contributed by atoms with Gasteiger partial charge in [0.1, 0.15) is 17.7 Å². The molecule has 0 fully saturated rings. The van der Waals surface area contributed by atoms with E-state index in [9.17, 15) is 18.4 Å². The SMILES string of the molecule is CC(C)C[C@H](NC(=O)Cc1ccc(F)cc1F)C(N)=O. The minimum Gasteiger partial charge on any atom is -0.368 e. The average molecular weight is 284 g/mol. The minimum absolute atomic E-state index is 0.0664. The molecule has 2 amide bonds. The van der Waals surface area contributed by atoms with Gasteiger partial charge in [0, 0.05) is 6.07 Å². The first-order valence-electron chi connectivity index (χ1n) is 6.32. The summed E-state index contributed by atoms with van der Waals surface area (Å²) in [6, 6.07) is 2.20. The van der Waals surface area contributed by atoms with E-state index in [1.807, 2.05) is 13.8 Å². The Morgan fingerprint density at radius 1 is 1.30 bits per heavy atom. The number of primary amides is 1. The molecule has 1 rings (SSSR count). The summed E-state index contributed by atoms with van der Waals surface area (Å²) >= 11 is 0. The molecule has 0 bridgehead atoms. The molecule has 6 heteroatoms. The fraction of sp³-hybridized carbons (Fsp3) is 0.429. The molecule has 0 aromatic heterocycles. The summed E-state index contributed by atoms with van der Waals surface area (Å²) < 4.78 is 26.1. The van der Waals surface area contributed by atoms with E-state index in [0.29, 0.717) is 12.5 Å². The Morgan fingerprint density at radius 3 is 2.45 bits per heavy atom. The Balaban J connectivity index is 2.68. The van der Waals surface area contributed by atoms with E-state index in [0.717, 1.165) is 6.07 Å². The van der Waals surface area contributed by atoms with Crippen LogP contribution in [-0.4, -0.2) is 17.9 Å². The number of carbonyl (C=O) groups excluding carboxylic acids is 2. The van der Waals surface area contributed by atoms with Gasteiger partial charge in [0.25, 0.3) is 0 Å². The summed E-state index contributed by atoms with van der Waals surface area (Å²) in [5, 5.41) is 2.46. The number of amides is 2. The summed E-state index contributed by atoms with van der Waals surface area (Å²) in [7, 11) is 0. The van der Waals surface area contributed by atoms with Crippen molar-refractivity contribution in [2.45, 2.75) is 32.7 Å². The quantitative estimate of drug-likeness (QED) is 0.831. The van der Waals surface area contributed by atoms with E-state index >= 15 is 0 Å². The van der Waals surface area contributed by atoms with Crippen LogP contribution in [0.4, 0.5) is 8.78 Å². The molecule has 1 atom stereocenters. The zero-order chi connectivity index (χ0) is 15.3. The van der Waals surface area contributed by atoms with Crippen LogP contribution in [0.2, 0.25) is 0 Å². The average Bonchev–Trinajstić information content (AvgIpc) is 2.31. The molecule has 20 heavy (non-hydrogen) atoms. The number of carbonyl (C=O) groups is 2. The standard InChI is InChI=1S/C14H18F2N2O2/c1-8(2)5-12(14(17)20)18-13(19)6-9-3-4-10(15)7-11(9)16/h3-4,7-8,12H,5-6H2,1-2H3,(H2,17,20)(H,18,19)/t12-/m0/s1. The summed E-state index contributed by atoms with van der Waals surface area (Å²) in [5.74, 6) is -2.48. The summed E-state index contributed by atoms with van der Waals surface area (Å²) in [5.41, 5.74) is 5.27. The molecule has 3 N–H and O–H groups in total. The van der Waals surface area contributed by atoms with Crippen molar-refractivity contribution < 1.29 is 18.4 Å². The lowest BCUT2D eigenvalue weighted by Gasteiger charge is -2.17. The van der Waals surface area contributed by atoms with E-state index in [-0.39, 0.29) is 17.9 Å². The van der Waals surface area contributed by atoms with Gasteiger partial charge in [-0.25, -0.2) is 8.78 Å². The van der Waals surface area contributed by atoms with Crippen molar-refractivity contribution in [3.05, 3.63) is 35.4 Å². The Morgan fingerprint density at radius 2 is 1.95 bits per heavy atom. The molecule has 0 heterocycles. The van der Waals surface area contributed by atoms with Crippen LogP contribution < -0.4 is 11.1 Å². The zero-order valence-corrected chi connectivity index (χ0v) is 11.5. The highest BCUT2D eigenvalue weighted by Crippen LogP contribution is 2.11. The van der Waals surface area contributed by atoms with Gasteiger partial charge in [-0.15, -0.1) is 0 Å². The van der Waals surface area contributed by atoms with Crippen LogP contribution in [0.15, 0.2) is 18.2 Å². The number of nitrogens with one attached hydrogen (secondary N) is 1. The van der Waals surface area contributed by atoms with Gasteiger partial charge < -0.3 is 11.1 Å². The molecular formula is C14H18F2N2O2. The van der Waals surface area contributed by atoms with Crippen molar-refractivity contribution in [2.75, 3.05) is 0 Å². The summed E-state index contributed by atoms with van der Waals surface area (Å²) in [6.07, 6.45) is 0.140. The van der Waals surface area contributed by atoms with Gasteiger partial charge in [0.2, 0.25) is 11.8 Å². The molecule has 1 aromatic rings. The van der Waals surface area contributed by atoms with Crippen molar-refractivity contribution >= 4 is 11.8 Å². The Bertz CT molecular complexity index is 504. The van der Waals surface area contributed by atoms with Gasteiger partial charge in [-0.1, -0.05) is 19.9 Å². The third kappa shape index (κ3) is 4.95. The maximum atomic E-state index is 13.4. The zero-order valence-electron chi connectivity index (χ0n) is 11.5. The third-order valence-electron chi connectivity index (χ3n) is 2.75. The second-order valence-electron chi connectivity index (χ2n) is 5.06. The van der Waals surface area contributed by atoms with E-state index in [1.165, 1.54) is 6.07 Å². The molecule has 0 unspecified atom stereocenters. The van der Waals surface area contributed by atoms with Gasteiger partial charge in [-0.2, -0.15) is 0 Å². The van der Waals surface area contributed by atoms with Crippen molar-refractivity contribution in [1.29, 1.82) is 0 Å². The molecule has 4 nitrogen and oxygen atoms in total. The van der Waals surface area contributed by atoms with Crippen LogP contribution in [-0.2, 0) is 16.0 Å². The number of benzene rings is 1. The Hall–Kier alpha value is -1.98. The van der Waals surface area contributed by atoms with Crippen LogP contribution in [0.3, 0.4) is 0 Å². The van der Waals surface area contributed by atoms with Gasteiger partial charge in [0.05, 0.1) is 6.42 Å². The van der Waals surface area contributed by atoms with Crippen LogP contribution >= 0.6 is 0 Å². The first-order valence-corrected chi connectivity index (χ1v) is 6.32. The summed E-state index contributed by atoms with van der Waals surface area (Å²) in [6.45, 7) is 3.78. The van der Waals surface area contributed by atoms with Gasteiger partial charge in [-0.05, 0) is 24.0 Å². The number of nitrogens with two attached hydrogens (primary N) is 1. The van der Waals surface area contributed by atoms with E-state index < -0.39 is 29.5 Å². The molecule has 0 aliphatic heterocycles. The fourth-order valence-corrected chi connectivity index (χ4v) is 1.80. The smallest absolute Gasteiger partial charge is 0.240 e.